The minimum absolute atomic E-state index is 0.0756. The molecule has 1 fully saturated rings. The zero-order valence-electron chi connectivity index (χ0n) is 17.2. The van der Waals surface area contributed by atoms with Crippen LogP contribution >= 0.6 is 0 Å². The van der Waals surface area contributed by atoms with E-state index in [0.29, 0.717) is 29.4 Å². The van der Waals surface area contributed by atoms with E-state index < -0.39 is 0 Å². The Morgan fingerprint density at radius 1 is 1.06 bits per heavy atom. The fourth-order valence-corrected chi connectivity index (χ4v) is 3.63. The molecule has 4 rings (SSSR count). The zero-order chi connectivity index (χ0) is 21.6. The van der Waals surface area contributed by atoms with Crippen LogP contribution in [0.1, 0.15) is 45.6 Å². The lowest BCUT2D eigenvalue weighted by Gasteiger charge is -2.22. The molecule has 31 heavy (non-hydrogen) atoms. The van der Waals surface area contributed by atoms with Crippen LogP contribution < -0.4 is 0 Å². The standard InChI is InChI=1S/C26H22N4O/c1-28-23-8-5-19(6-9-23)14-26(31)22-4-2-3-20(13-22)17-30(25-11-12-25)18-21-7-10-24(15-27)29-16-21/h2-10,13,16,25H,11-12,14,17-18H2. The highest BCUT2D eigenvalue weighted by Crippen LogP contribution is 2.30. The van der Waals surface area contributed by atoms with Gasteiger partial charge in [-0.05, 0) is 41.7 Å². The Labute approximate surface area is 182 Å². The zero-order valence-corrected chi connectivity index (χ0v) is 17.2. The van der Waals surface area contributed by atoms with E-state index in [1.165, 1.54) is 12.8 Å². The number of rotatable bonds is 8. The van der Waals surface area contributed by atoms with Crippen molar-refractivity contribution >= 4 is 11.5 Å². The van der Waals surface area contributed by atoms with E-state index in [9.17, 15) is 4.79 Å². The molecule has 1 heterocycles. The second kappa shape index (κ2) is 9.34. The van der Waals surface area contributed by atoms with Gasteiger partial charge in [0.05, 0.1) is 6.57 Å². The lowest BCUT2D eigenvalue weighted by atomic mass is 10.0. The highest BCUT2D eigenvalue weighted by molar-refractivity contribution is 5.97. The number of pyridine rings is 1. The first-order chi connectivity index (χ1) is 15.1. The number of hydrogen-bond acceptors (Lipinski definition) is 4. The van der Waals surface area contributed by atoms with Crippen molar-refractivity contribution in [3.63, 3.8) is 0 Å². The van der Waals surface area contributed by atoms with Crippen molar-refractivity contribution in [2.45, 2.75) is 38.4 Å². The van der Waals surface area contributed by atoms with Crippen molar-refractivity contribution in [2.75, 3.05) is 0 Å². The van der Waals surface area contributed by atoms with Crippen LogP contribution in [0, 0.1) is 17.9 Å². The molecular formula is C26H22N4O. The number of hydrogen-bond donors (Lipinski definition) is 0. The molecule has 1 saturated carbocycles. The Bertz CT molecular complexity index is 1150. The molecule has 5 nitrogen and oxygen atoms in total. The Morgan fingerprint density at radius 2 is 1.81 bits per heavy atom. The summed E-state index contributed by atoms with van der Waals surface area (Å²) in [6.45, 7) is 8.57. The summed E-state index contributed by atoms with van der Waals surface area (Å²) in [5, 5.41) is 8.93. The quantitative estimate of drug-likeness (QED) is 0.386. The van der Waals surface area contributed by atoms with Gasteiger partial charge >= 0.3 is 0 Å². The van der Waals surface area contributed by atoms with Gasteiger partial charge in [-0.3, -0.25) is 9.69 Å². The van der Waals surface area contributed by atoms with Crippen LogP contribution in [0.2, 0.25) is 0 Å². The smallest absolute Gasteiger partial charge is 0.187 e. The summed E-state index contributed by atoms with van der Waals surface area (Å²) in [5.41, 5.74) is 4.83. The molecule has 5 heteroatoms. The lowest BCUT2D eigenvalue weighted by molar-refractivity contribution is 0.0992. The molecule has 0 amide bonds. The molecule has 0 N–H and O–H groups in total. The lowest BCUT2D eigenvalue weighted by Crippen LogP contribution is -2.25. The Kier molecular flexibility index (Phi) is 6.17. The number of carbonyl (C=O) groups excluding carboxylic acids is 1. The summed E-state index contributed by atoms with van der Waals surface area (Å²) >= 11 is 0. The maximum atomic E-state index is 12.8. The highest BCUT2D eigenvalue weighted by atomic mass is 16.1. The van der Waals surface area contributed by atoms with Crippen LogP contribution in [0.15, 0.2) is 66.9 Å². The molecule has 2 aromatic carbocycles. The van der Waals surface area contributed by atoms with Gasteiger partial charge in [0.2, 0.25) is 0 Å². The van der Waals surface area contributed by atoms with Crippen molar-refractivity contribution < 1.29 is 4.79 Å². The molecule has 3 aromatic rings. The van der Waals surface area contributed by atoms with Crippen molar-refractivity contribution in [3.05, 3.63) is 106 Å². The molecular weight excluding hydrogens is 384 g/mol. The van der Waals surface area contributed by atoms with Crippen molar-refractivity contribution in [2.24, 2.45) is 0 Å². The summed E-state index contributed by atoms with van der Waals surface area (Å²) < 4.78 is 0. The maximum absolute atomic E-state index is 12.8. The molecule has 152 valence electrons. The van der Waals surface area contributed by atoms with Gasteiger partial charge in [-0.25, -0.2) is 9.83 Å². The van der Waals surface area contributed by atoms with Crippen LogP contribution in [-0.2, 0) is 19.5 Å². The minimum atomic E-state index is 0.0756. The molecule has 0 spiro atoms. The van der Waals surface area contributed by atoms with E-state index in [-0.39, 0.29) is 5.78 Å². The number of nitriles is 1. The third-order valence-electron chi connectivity index (χ3n) is 5.45. The van der Waals surface area contributed by atoms with Crippen LogP contribution in [0.25, 0.3) is 4.85 Å². The second-order valence-electron chi connectivity index (χ2n) is 7.88. The number of Topliss-reactive ketones (excluding diaryl/α,β-unsaturated/α-hetero) is 1. The minimum Gasteiger partial charge on any atom is -0.294 e. The van der Waals surface area contributed by atoms with E-state index in [1.807, 2.05) is 36.4 Å². The Hall–Kier alpha value is -3.80. The topological polar surface area (TPSA) is 61.4 Å². The summed E-state index contributed by atoms with van der Waals surface area (Å²) in [6, 6.07) is 21.4. The van der Waals surface area contributed by atoms with Gasteiger partial charge in [-0.2, -0.15) is 5.26 Å². The first-order valence-electron chi connectivity index (χ1n) is 10.3. The van der Waals surface area contributed by atoms with Gasteiger partial charge in [0.1, 0.15) is 11.8 Å². The van der Waals surface area contributed by atoms with Gasteiger partial charge in [0.15, 0.2) is 11.5 Å². The SMILES string of the molecule is [C-]#[N+]c1ccc(CC(=O)c2cccc(CN(Cc3ccc(C#N)nc3)C3CC3)c2)cc1. The van der Waals surface area contributed by atoms with Crippen LogP contribution in [-0.4, -0.2) is 21.7 Å². The van der Waals surface area contributed by atoms with E-state index in [2.05, 4.69) is 26.9 Å². The molecule has 0 radical (unpaired) electrons. The average molecular weight is 406 g/mol. The van der Waals surface area contributed by atoms with Crippen molar-refractivity contribution in [1.29, 1.82) is 5.26 Å². The van der Waals surface area contributed by atoms with E-state index in [4.69, 9.17) is 11.8 Å². The van der Waals surface area contributed by atoms with Crippen LogP contribution in [0.4, 0.5) is 5.69 Å². The van der Waals surface area contributed by atoms with E-state index in [0.717, 1.165) is 29.8 Å². The predicted molar refractivity (Wildman–Crippen MR) is 118 cm³/mol. The summed E-state index contributed by atoms with van der Waals surface area (Å²) in [7, 11) is 0. The van der Waals surface area contributed by atoms with E-state index >= 15 is 0 Å². The fraction of sp³-hybridized carbons (Fsp3) is 0.231. The monoisotopic (exact) mass is 406 g/mol. The first-order valence-corrected chi connectivity index (χ1v) is 10.3. The number of nitrogens with zero attached hydrogens (tertiary/aromatic N) is 4. The normalized spacial score (nSPS) is 12.9. The second-order valence-corrected chi connectivity index (χ2v) is 7.88. The van der Waals surface area contributed by atoms with Crippen molar-refractivity contribution in [1.82, 2.24) is 9.88 Å². The van der Waals surface area contributed by atoms with Gasteiger partial charge in [-0.1, -0.05) is 48.5 Å². The fourth-order valence-electron chi connectivity index (χ4n) is 3.63. The van der Waals surface area contributed by atoms with Crippen LogP contribution in [0.5, 0.6) is 0 Å². The Balaban J connectivity index is 1.44. The molecule has 0 saturated heterocycles. The maximum Gasteiger partial charge on any atom is 0.187 e. The summed E-state index contributed by atoms with van der Waals surface area (Å²) in [4.78, 5) is 22.8. The first kappa shape index (κ1) is 20.5. The molecule has 1 aromatic heterocycles. The third-order valence-corrected chi connectivity index (χ3v) is 5.45. The largest absolute Gasteiger partial charge is 0.294 e. The number of aromatic nitrogens is 1. The third kappa shape index (κ3) is 5.42. The van der Waals surface area contributed by atoms with Gasteiger partial charge in [0, 0.05) is 37.3 Å². The predicted octanol–water partition coefficient (Wildman–Crippen LogP) is 5.09. The highest BCUT2D eigenvalue weighted by Gasteiger charge is 2.29. The van der Waals surface area contributed by atoms with Crippen LogP contribution in [0.3, 0.4) is 0 Å². The molecule has 0 aliphatic heterocycles. The molecule has 0 bridgehead atoms. The molecule has 0 unspecified atom stereocenters. The Morgan fingerprint density at radius 3 is 2.45 bits per heavy atom. The number of carbonyl (C=O) groups is 1. The summed E-state index contributed by atoms with van der Waals surface area (Å²) in [6.07, 6.45) is 4.46. The summed E-state index contributed by atoms with van der Waals surface area (Å²) in [5.74, 6) is 0.0756. The number of benzene rings is 2. The van der Waals surface area contributed by atoms with E-state index in [1.54, 1.807) is 24.4 Å². The van der Waals surface area contributed by atoms with Gasteiger partial charge in [0.25, 0.3) is 0 Å². The average Bonchev–Trinajstić information content (AvgIpc) is 3.65. The molecule has 0 atom stereocenters. The van der Waals surface area contributed by atoms with Crippen molar-refractivity contribution in [3.8, 4) is 6.07 Å². The van der Waals surface area contributed by atoms with Gasteiger partial charge < -0.3 is 0 Å². The molecule has 1 aliphatic rings. The number of ketones is 1. The molecule has 1 aliphatic carbocycles. The van der Waals surface area contributed by atoms with Gasteiger partial charge in [-0.15, -0.1) is 0 Å².